The van der Waals surface area contributed by atoms with Crippen molar-refractivity contribution in [1.29, 1.82) is 0 Å². The summed E-state index contributed by atoms with van der Waals surface area (Å²) >= 11 is 0. The lowest BCUT2D eigenvalue weighted by molar-refractivity contribution is 0.102. The highest BCUT2D eigenvalue weighted by molar-refractivity contribution is 4.64. The third-order valence-electron chi connectivity index (χ3n) is 3.21. The first-order valence-corrected chi connectivity index (χ1v) is 7.11. The normalized spacial score (nSPS) is 20.8. The van der Waals surface area contributed by atoms with Gasteiger partial charge in [-0.15, -0.1) is 0 Å². The van der Waals surface area contributed by atoms with Crippen molar-refractivity contribution in [3.63, 3.8) is 0 Å². The van der Waals surface area contributed by atoms with E-state index in [0.717, 1.165) is 19.1 Å². The molecule has 1 heterocycles. The van der Waals surface area contributed by atoms with E-state index in [-0.39, 0.29) is 0 Å². The average Bonchev–Trinajstić information content (AvgIpc) is 2.74. The summed E-state index contributed by atoms with van der Waals surface area (Å²) in [5, 5.41) is 3.49. The van der Waals surface area contributed by atoms with Crippen LogP contribution in [0.3, 0.4) is 0 Å². The molecule has 1 aliphatic heterocycles. The summed E-state index contributed by atoms with van der Waals surface area (Å²) in [5.74, 6) is 0.777. The van der Waals surface area contributed by atoms with Crippen LogP contribution in [0.1, 0.15) is 58.8 Å². The maximum atomic E-state index is 5.61. The Bertz CT molecular complexity index is 153. The molecular formula is C14H29NO. The number of nitrogens with one attached hydrogen (secondary N) is 1. The Balaban J connectivity index is 1.74. The van der Waals surface area contributed by atoms with Crippen molar-refractivity contribution in [3.8, 4) is 0 Å². The lowest BCUT2D eigenvalue weighted by Crippen LogP contribution is -2.20. The Labute approximate surface area is 101 Å². The zero-order chi connectivity index (χ0) is 11.6. The Morgan fingerprint density at radius 1 is 1.19 bits per heavy atom. The molecular weight excluding hydrogens is 198 g/mol. The molecule has 1 aliphatic rings. The van der Waals surface area contributed by atoms with E-state index in [2.05, 4.69) is 19.2 Å². The van der Waals surface area contributed by atoms with Crippen LogP contribution in [-0.2, 0) is 4.74 Å². The van der Waals surface area contributed by atoms with Crippen molar-refractivity contribution >= 4 is 0 Å². The van der Waals surface area contributed by atoms with Gasteiger partial charge in [-0.05, 0) is 44.7 Å². The van der Waals surface area contributed by atoms with E-state index >= 15 is 0 Å². The van der Waals surface area contributed by atoms with Gasteiger partial charge in [0.1, 0.15) is 0 Å². The molecule has 1 unspecified atom stereocenters. The van der Waals surface area contributed by atoms with Gasteiger partial charge in [0.15, 0.2) is 0 Å². The number of hydrogen-bond acceptors (Lipinski definition) is 2. The van der Waals surface area contributed by atoms with E-state index in [9.17, 15) is 0 Å². The average molecular weight is 227 g/mol. The van der Waals surface area contributed by atoms with Gasteiger partial charge in [-0.3, -0.25) is 0 Å². The molecule has 1 saturated heterocycles. The van der Waals surface area contributed by atoms with E-state index < -0.39 is 0 Å². The minimum absolute atomic E-state index is 0.596. The maximum absolute atomic E-state index is 5.61. The van der Waals surface area contributed by atoms with Crippen LogP contribution in [0.4, 0.5) is 0 Å². The molecule has 0 bridgehead atoms. The van der Waals surface area contributed by atoms with Crippen LogP contribution in [0.25, 0.3) is 0 Å². The molecule has 0 saturated carbocycles. The highest BCUT2D eigenvalue weighted by Gasteiger charge is 2.14. The van der Waals surface area contributed by atoms with Gasteiger partial charge in [0.05, 0.1) is 6.10 Å². The topological polar surface area (TPSA) is 21.3 Å². The summed E-state index contributed by atoms with van der Waals surface area (Å²) in [6.07, 6.45) is 9.91. The third kappa shape index (κ3) is 7.24. The van der Waals surface area contributed by atoms with E-state index in [0.29, 0.717) is 6.10 Å². The quantitative estimate of drug-likeness (QED) is 0.610. The first-order valence-electron chi connectivity index (χ1n) is 7.11. The number of ether oxygens (including phenoxy) is 1. The molecule has 0 aromatic carbocycles. The van der Waals surface area contributed by atoms with Crippen molar-refractivity contribution in [3.05, 3.63) is 0 Å². The molecule has 0 aromatic rings. The molecule has 1 fully saturated rings. The van der Waals surface area contributed by atoms with Gasteiger partial charge in [0.2, 0.25) is 0 Å². The standard InChI is InChI=1S/C14H29NO/c1-13(2)12-15-10-6-4-3-5-8-14-9-7-11-16-14/h13-15H,3-12H2,1-2H3. The lowest BCUT2D eigenvalue weighted by atomic mass is 10.1. The molecule has 96 valence electrons. The van der Waals surface area contributed by atoms with Crippen molar-refractivity contribution in [2.75, 3.05) is 19.7 Å². The summed E-state index contributed by atoms with van der Waals surface area (Å²) in [6, 6.07) is 0. The molecule has 0 spiro atoms. The largest absolute Gasteiger partial charge is 0.378 e. The minimum Gasteiger partial charge on any atom is -0.378 e. The first-order chi connectivity index (χ1) is 7.79. The van der Waals surface area contributed by atoms with E-state index in [1.807, 2.05) is 0 Å². The summed E-state index contributed by atoms with van der Waals surface area (Å²) in [5.41, 5.74) is 0. The van der Waals surface area contributed by atoms with Crippen molar-refractivity contribution < 1.29 is 4.74 Å². The molecule has 1 rings (SSSR count). The first kappa shape index (κ1) is 14.0. The predicted octanol–water partition coefficient (Wildman–Crippen LogP) is 3.36. The SMILES string of the molecule is CC(C)CNCCCCCCC1CCCO1. The van der Waals surface area contributed by atoms with Crippen LogP contribution in [0, 0.1) is 5.92 Å². The predicted molar refractivity (Wildman–Crippen MR) is 69.8 cm³/mol. The van der Waals surface area contributed by atoms with Gasteiger partial charge in [-0.2, -0.15) is 0 Å². The molecule has 2 heteroatoms. The molecule has 1 atom stereocenters. The second kappa shape index (κ2) is 9.00. The Hall–Kier alpha value is -0.0800. The number of rotatable bonds is 9. The molecule has 16 heavy (non-hydrogen) atoms. The van der Waals surface area contributed by atoms with Gasteiger partial charge in [0, 0.05) is 6.61 Å². The maximum Gasteiger partial charge on any atom is 0.0576 e. The molecule has 1 N–H and O–H groups in total. The zero-order valence-electron chi connectivity index (χ0n) is 11.1. The van der Waals surface area contributed by atoms with Gasteiger partial charge in [-0.1, -0.05) is 33.1 Å². The third-order valence-corrected chi connectivity index (χ3v) is 3.21. The Morgan fingerprint density at radius 2 is 2.00 bits per heavy atom. The van der Waals surface area contributed by atoms with Gasteiger partial charge in [0.25, 0.3) is 0 Å². The number of unbranched alkanes of at least 4 members (excludes halogenated alkanes) is 3. The zero-order valence-corrected chi connectivity index (χ0v) is 11.1. The van der Waals surface area contributed by atoms with Gasteiger partial charge < -0.3 is 10.1 Å². The van der Waals surface area contributed by atoms with Crippen LogP contribution in [0.2, 0.25) is 0 Å². The highest BCUT2D eigenvalue weighted by atomic mass is 16.5. The molecule has 0 aromatic heterocycles. The Morgan fingerprint density at radius 3 is 2.69 bits per heavy atom. The fourth-order valence-corrected chi connectivity index (χ4v) is 2.24. The lowest BCUT2D eigenvalue weighted by Gasteiger charge is -2.09. The number of hydrogen-bond donors (Lipinski definition) is 1. The second-order valence-corrected chi connectivity index (χ2v) is 5.44. The summed E-state index contributed by atoms with van der Waals surface area (Å²) in [6.45, 7) is 7.88. The molecule has 0 amide bonds. The van der Waals surface area contributed by atoms with Crippen molar-refractivity contribution in [1.82, 2.24) is 5.32 Å². The summed E-state index contributed by atoms with van der Waals surface area (Å²) in [7, 11) is 0. The van der Waals surface area contributed by atoms with Crippen molar-refractivity contribution in [2.24, 2.45) is 5.92 Å². The highest BCUT2D eigenvalue weighted by Crippen LogP contribution is 2.18. The monoisotopic (exact) mass is 227 g/mol. The van der Waals surface area contributed by atoms with Crippen LogP contribution in [-0.4, -0.2) is 25.8 Å². The van der Waals surface area contributed by atoms with Crippen molar-refractivity contribution in [2.45, 2.75) is 64.9 Å². The van der Waals surface area contributed by atoms with Crippen LogP contribution in [0.5, 0.6) is 0 Å². The fraction of sp³-hybridized carbons (Fsp3) is 1.00. The minimum atomic E-state index is 0.596. The molecule has 2 nitrogen and oxygen atoms in total. The van der Waals surface area contributed by atoms with Crippen LogP contribution < -0.4 is 5.32 Å². The van der Waals surface area contributed by atoms with E-state index in [4.69, 9.17) is 4.74 Å². The molecule has 0 radical (unpaired) electrons. The Kier molecular flexibility index (Phi) is 7.87. The van der Waals surface area contributed by atoms with Crippen LogP contribution in [0.15, 0.2) is 0 Å². The van der Waals surface area contributed by atoms with Gasteiger partial charge >= 0.3 is 0 Å². The summed E-state index contributed by atoms with van der Waals surface area (Å²) < 4.78 is 5.61. The molecule has 0 aliphatic carbocycles. The van der Waals surface area contributed by atoms with Crippen LogP contribution >= 0.6 is 0 Å². The van der Waals surface area contributed by atoms with E-state index in [1.165, 1.54) is 51.5 Å². The van der Waals surface area contributed by atoms with Gasteiger partial charge in [-0.25, -0.2) is 0 Å². The second-order valence-electron chi connectivity index (χ2n) is 5.44. The summed E-state index contributed by atoms with van der Waals surface area (Å²) in [4.78, 5) is 0. The fourth-order valence-electron chi connectivity index (χ4n) is 2.24. The van der Waals surface area contributed by atoms with E-state index in [1.54, 1.807) is 0 Å². The smallest absolute Gasteiger partial charge is 0.0576 e.